The van der Waals surface area contributed by atoms with Gasteiger partial charge in [0.1, 0.15) is 12.1 Å². The van der Waals surface area contributed by atoms with Gasteiger partial charge in [-0.15, -0.1) is 21.5 Å². The summed E-state index contributed by atoms with van der Waals surface area (Å²) < 4.78 is 7.15. The second kappa shape index (κ2) is 8.12. The lowest BCUT2D eigenvalue weighted by atomic mass is 10.1. The Kier molecular flexibility index (Phi) is 5.66. The van der Waals surface area contributed by atoms with Crippen molar-refractivity contribution in [2.45, 2.75) is 18.1 Å². The largest absolute Gasteiger partial charge is 0.497 e. The van der Waals surface area contributed by atoms with E-state index < -0.39 is 0 Å². The van der Waals surface area contributed by atoms with Crippen molar-refractivity contribution < 1.29 is 9.53 Å². The summed E-state index contributed by atoms with van der Waals surface area (Å²) in [4.78, 5) is 13.7. The molecular formula is C17H17N3O2S2. The normalized spacial score (nSPS) is 10.7. The Morgan fingerprint density at radius 1 is 1.33 bits per heavy atom. The zero-order chi connectivity index (χ0) is 16.8. The van der Waals surface area contributed by atoms with Gasteiger partial charge in [-0.2, -0.15) is 0 Å². The number of ketones is 1. The third-order valence-electron chi connectivity index (χ3n) is 3.48. The minimum atomic E-state index is 0.0479. The molecular weight excluding hydrogens is 342 g/mol. The molecule has 0 aliphatic rings. The van der Waals surface area contributed by atoms with Gasteiger partial charge in [0.25, 0.3) is 0 Å². The average molecular weight is 359 g/mol. The maximum Gasteiger partial charge on any atom is 0.191 e. The van der Waals surface area contributed by atoms with Gasteiger partial charge in [0.15, 0.2) is 10.9 Å². The fourth-order valence-corrected chi connectivity index (χ4v) is 3.74. The number of aromatic nitrogens is 3. The van der Waals surface area contributed by atoms with Gasteiger partial charge in [-0.25, -0.2) is 0 Å². The lowest BCUT2D eigenvalue weighted by Crippen LogP contribution is -2.06. The number of hydrogen-bond donors (Lipinski definition) is 0. The lowest BCUT2D eigenvalue weighted by Gasteiger charge is -2.06. The molecule has 3 rings (SSSR count). The molecule has 2 heterocycles. The number of thiophene rings is 1. The van der Waals surface area contributed by atoms with Crippen LogP contribution in [0.2, 0.25) is 0 Å². The average Bonchev–Trinajstić information content (AvgIpc) is 3.29. The van der Waals surface area contributed by atoms with Gasteiger partial charge < -0.3 is 9.30 Å². The summed E-state index contributed by atoms with van der Waals surface area (Å²) in [6, 6.07) is 11.4. The quantitative estimate of drug-likeness (QED) is 0.455. The van der Waals surface area contributed by atoms with Crippen molar-refractivity contribution in [2.75, 3.05) is 12.9 Å². The first kappa shape index (κ1) is 16.7. The molecule has 0 saturated heterocycles. The molecule has 0 aliphatic heterocycles. The molecule has 0 spiro atoms. The van der Waals surface area contributed by atoms with Crippen LogP contribution in [-0.4, -0.2) is 33.4 Å². The summed E-state index contributed by atoms with van der Waals surface area (Å²) in [5, 5.41) is 10.9. The van der Waals surface area contributed by atoms with Crippen LogP contribution in [0.5, 0.6) is 5.75 Å². The number of rotatable bonds is 8. The van der Waals surface area contributed by atoms with E-state index in [4.69, 9.17) is 4.74 Å². The summed E-state index contributed by atoms with van der Waals surface area (Å²) in [6.45, 7) is 0.809. The number of ether oxygens (including phenoxy) is 1. The highest BCUT2D eigenvalue weighted by atomic mass is 32.2. The van der Waals surface area contributed by atoms with E-state index in [0.717, 1.165) is 18.1 Å². The summed E-state index contributed by atoms with van der Waals surface area (Å²) in [5.74, 6) is 1.06. The van der Waals surface area contributed by atoms with Crippen LogP contribution in [-0.2, 0) is 13.0 Å². The first-order chi connectivity index (χ1) is 11.8. The van der Waals surface area contributed by atoms with Gasteiger partial charge in [0.05, 0.1) is 12.9 Å². The van der Waals surface area contributed by atoms with Crippen molar-refractivity contribution >= 4 is 28.9 Å². The zero-order valence-corrected chi connectivity index (χ0v) is 14.8. The Bertz CT molecular complexity index is 800. The van der Waals surface area contributed by atoms with Crippen LogP contribution in [0.3, 0.4) is 0 Å². The molecule has 0 fully saturated rings. The van der Waals surface area contributed by atoms with E-state index in [9.17, 15) is 4.79 Å². The maximum atomic E-state index is 12.3. The summed E-state index contributed by atoms with van der Waals surface area (Å²) in [6.07, 6.45) is 2.65. The first-order valence-corrected chi connectivity index (χ1v) is 9.33. The summed E-state index contributed by atoms with van der Waals surface area (Å²) in [5.41, 5.74) is 0.645. The Balaban J connectivity index is 1.58. The van der Waals surface area contributed by atoms with Crippen LogP contribution in [0, 0.1) is 0 Å². The molecule has 7 heteroatoms. The molecule has 0 aliphatic carbocycles. The second-order valence-electron chi connectivity index (χ2n) is 5.08. The van der Waals surface area contributed by atoms with E-state index in [0.29, 0.717) is 17.1 Å². The second-order valence-corrected chi connectivity index (χ2v) is 7.05. The van der Waals surface area contributed by atoms with E-state index in [1.807, 2.05) is 16.7 Å². The number of aryl methyl sites for hydroxylation is 2. The Labute approximate surface area is 148 Å². The molecule has 0 saturated carbocycles. The number of thioether (sulfide) groups is 1. The molecule has 0 unspecified atom stereocenters. The molecule has 124 valence electrons. The van der Waals surface area contributed by atoms with E-state index in [1.54, 1.807) is 36.9 Å². The molecule has 3 aromatic rings. The smallest absolute Gasteiger partial charge is 0.191 e. The van der Waals surface area contributed by atoms with E-state index in [2.05, 4.69) is 27.7 Å². The number of methoxy groups -OCH3 is 1. The molecule has 24 heavy (non-hydrogen) atoms. The molecule has 5 nitrogen and oxygen atoms in total. The highest BCUT2D eigenvalue weighted by Crippen LogP contribution is 2.20. The van der Waals surface area contributed by atoms with Gasteiger partial charge in [-0.1, -0.05) is 30.0 Å². The fourth-order valence-electron chi connectivity index (χ4n) is 2.20. The van der Waals surface area contributed by atoms with Crippen molar-refractivity contribution in [1.82, 2.24) is 14.8 Å². The third-order valence-corrected chi connectivity index (χ3v) is 5.40. The predicted molar refractivity (Wildman–Crippen MR) is 96.1 cm³/mol. The standard InChI is InChI=1S/C17H17N3O2S2/c1-22-14-5-2-4-13(10-14)16(21)11-24-17-19-18-12-20(17)8-7-15-6-3-9-23-15/h2-6,9-10,12H,7-8,11H2,1H3. The van der Waals surface area contributed by atoms with E-state index in [1.165, 1.54) is 16.6 Å². The topological polar surface area (TPSA) is 57.0 Å². The molecule has 0 bridgehead atoms. The number of nitrogens with zero attached hydrogens (tertiary/aromatic N) is 3. The van der Waals surface area contributed by atoms with Crippen LogP contribution < -0.4 is 4.74 Å². The maximum absolute atomic E-state index is 12.3. The Hall–Kier alpha value is -2.12. The van der Waals surface area contributed by atoms with Crippen molar-refractivity contribution in [2.24, 2.45) is 0 Å². The number of benzene rings is 1. The molecule has 1 aromatic carbocycles. The molecule has 0 radical (unpaired) electrons. The van der Waals surface area contributed by atoms with Gasteiger partial charge >= 0.3 is 0 Å². The van der Waals surface area contributed by atoms with Crippen molar-refractivity contribution in [1.29, 1.82) is 0 Å². The Morgan fingerprint density at radius 2 is 2.25 bits per heavy atom. The molecule has 0 N–H and O–H groups in total. The van der Waals surface area contributed by atoms with Crippen LogP contribution in [0.25, 0.3) is 0 Å². The molecule has 2 aromatic heterocycles. The van der Waals surface area contributed by atoms with Gasteiger partial charge in [0, 0.05) is 17.0 Å². The third kappa shape index (κ3) is 4.24. The van der Waals surface area contributed by atoms with Gasteiger partial charge in [0.2, 0.25) is 0 Å². The van der Waals surface area contributed by atoms with Crippen LogP contribution in [0.4, 0.5) is 0 Å². The van der Waals surface area contributed by atoms with Crippen LogP contribution in [0.1, 0.15) is 15.2 Å². The highest BCUT2D eigenvalue weighted by molar-refractivity contribution is 7.99. The minimum absolute atomic E-state index is 0.0479. The van der Waals surface area contributed by atoms with E-state index >= 15 is 0 Å². The first-order valence-electron chi connectivity index (χ1n) is 7.46. The number of carbonyl (C=O) groups excluding carboxylic acids is 1. The highest BCUT2D eigenvalue weighted by Gasteiger charge is 2.11. The minimum Gasteiger partial charge on any atom is -0.497 e. The van der Waals surface area contributed by atoms with Crippen molar-refractivity contribution in [3.05, 3.63) is 58.5 Å². The summed E-state index contributed by atoms with van der Waals surface area (Å²) in [7, 11) is 1.59. The molecule has 0 amide bonds. The number of Topliss-reactive ketones (excluding diaryl/α,β-unsaturated/α-hetero) is 1. The zero-order valence-electron chi connectivity index (χ0n) is 13.2. The molecule has 0 atom stereocenters. The Morgan fingerprint density at radius 3 is 3.04 bits per heavy atom. The van der Waals surface area contributed by atoms with Crippen LogP contribution >= 0.6 is 23.1 Å². The monoisotopic (exact) mass is 359 g/mol. The SMILES string of the molecule is COc1cccc(C(=O)CSc2nncn2CCc2cccs2)c1. The van der Waals surface area contributed by atoms with E-state index in [-0.39, 0.29) is 5.78 Å². The summed E-state index contributed by atoms with van der Waals surface area (Å²) >= 11 is 3.15. The number of hydrogen-bond acceptors (Lipinski definition) is 6. The fraction of sp³-hybridized carbons (Fsp3) is 0.235. The number of carbonyl (C=O) groups is 1. The van der Waals surface area contributed by atoms with Crippen molar-refractivity contribution in [3.63, 3.8) is 0 Å². The van der Waals surface area contributed by atoms with Crippen molar-refractivity contribution in [3.8, 4) is 5.75 Å². The predicted octanol–water partition coefficient (Wildman–Crippen LogP) is 3.57. The lowest BCUT2D eigenvalue weighted by molar-refractivity contribution is 0.102. The van der Waals surface area contributed by atoms with Gasteiger partial charge in [-0.05, 0) is 30.0 Å². The van der Waals surface area contributed by atoms with Gasteiger partial charge in [-0.3, -0.25) is 4.79 Å². The van der Waals surface area contributed by atoms with Crippen LogP contribution in [0.15, 0.2) is 53.3 Å².